The largest absolute Gasteiger partial charge is 0.373 e. The van der Waals surface area contributed by atoms with Crippen molar-refractivity contribution in [3.8, 4) is 0 Å². The number of rotatable bonds is 0. The van der Waals surface area contributed by atoms with Gasteiger partial charge in [0.1, 0.15) is 6.54 Å². The minimum Gasteiger partial charge on any atom is -0.373 e. The zero-order valence-electron chi connectivity index (χ0n) is 22.9. The summed E-state index contributed by atoms with van der Waals surface area (Å²) in [5, 5.41) is 0. The Balaban J connectivity index is 1.35. The lowest BCUT2D eigenvalue weighted by molar-refractivity contribution is -0.697. The molecular weight excluding hydrogens is 424 g/mol. The third kappa shape index (κ3) is 13.3. The molecule has 0 fully saturated rings. The first-order valence-corrected chi connectivity index (χ1v) is 15.5. The van der Waals surface area contributed by atoms with Gasteiger partial charge in [0, 0.05) is 31.1 Å². The summed E-state index contributed by atoms with van der Waals surface area (Å²) in [7, 11) is 0. The Morgan fingerprint density at radius 1 is 0.600 bits per heavy atom. The highest BCUT2D eigenvalue weighted by atomic mass is 15.1. The van der Waals surface area contributed by atoms with E-state index in [0.29, 0.717) is 0 Å². The number of hydrogen-bond acceptors (Lipinski definition) is 1. The second-order valence-electron chi connectivity index (χ2n) is 11.3. The van der Waals surface area contributed by atoms with Crippen LogP contribution in [0.3, 0.4) is 0 Å². The van der Waals surface area contributed by atoms with E-state index in [2.05, 4.69) is 52.3 Å². The van der Waals surface area contributed by atoms with Gasteiger partial charge in [-0.05, 0) is 56.9 Å². The first-order valence-electron chi connectivity index (χ1n) is 15.5. The summed E-state index contributed by atoms with van der Waals surface area (Å²) < 4.78 is 2.43. The van der Waals surface area contributed by atoms with Crippen LogP contribution in [0.5, 0.6) is 0 Å². The van der Waals surface area contributed by atoms with E-state index in [1.165, 1.54) is 160 Å². The van der Waals surface area contributed by atoms with Crippen LogP contribution < -0.4 is 4.57 Å². The van der Waals surface area contributed by atoms with Gasteiger partial charge >= 0.3 is 0 Å². The van der Waals surface area contributed by atoms with E-state index >= 15 is 0 Å². The van der Waals surface area contributed by atoms with Gasteiger partial charge in [-0.3, -0.25) is 0 Å². The van der Waals surface area contributed by atoms with Gasteiger partial charge in [-0.15, -0.1) is 0 Å². The third-order valence-electron chi connectivity index (χ3n) is 8.03. The molecule has 4 bridgehead atoms. The van der Waals surface area contributed by atoms with Gasteiger partial charge in [0.15, 0.2) is 12.4 Å². The number of allylic oxidation sites excluding steroid dienone is 2. The van der Waals surface area contributed by atoms with Crippen LogP contribution in [0.15, 0.2) is 48.5 Å². The topological polar surface area (TPSA) is 7.12 Å². The molecule has 2 nitrogen and oxygen atoms in total. The van der Waals surface area contributed by atoms with Crippen molar-refractivity contribution in [1.29, 1.82) is 0 Å². The van der Waals surface area contributed by atoms with Crippen molar-refractivity contribution < 1.29 is 4.57 Å². The molecule has 196 valence electrons. The minimum absolute atomic E-state index is 1.18. The van der Waals surface area contributed by atoms with Crippen LogP contribution in [0.1, 0.15) is 134 Å². The molecular formula is C33H55N2+. The fraction of sp³-hybridized carbons (Fsp3) is 0.727. The van der Waals surface area contributed by atoms with Crippen molar-refractivity contribution in [3.63, 3.8) is 0 Å². The molecule has 0 spiro atoms. The average molecular weight is 480 g/mol. The molecule has 2 heteroatoms. The van der Waals surface area contributed by atoms with Crippen LogP contribution >= 0.6 is 0 Å². The number of fused-ring (bicyclic) bond motifs is 4. The highest BCUT2D eigenvalue weighted by Crippen LogP contribution is 2.18. The lowest BCUT2D eigenvalue weighted by atomic mass is 10.0. The van der Waals surface area contributed by atoms with Crippen LogP contribution in [0, 0.1) is 0 Å². The van der Waals surface area contributed by atoms with E-state index in [9.17, 15) is 0 Å². The Bertz CT molecular complexity index is 720. The second kappa shape index (κ2) is 18.7. The predicted molar refractivity (Wildman–Crippen MR) is 151 cm³/mol. The smallest absolute Gasteiger partial charge is 0.171 e. The summed E-state index contributed by atoms with van der Waals surface area (Å²) in [4.78, 5) is 2.56. The minimum atomic E-state index is 1.18. The van der Waals surface area contributed by atoms with Gasteiger partial charge in [-0.2, -0.15) is 0 Å². The second-order valence-corrected chi connectivity index (χ2v) is 11.3. The SMILES string of the molecule is C1=CN2CCCCCCCCCCc3ccc[n+](c3)CCCCCCCCCCCCCC(=C1)C2. The molecule has 0 aromatic carbocycles. The van der Waals surface area contributed by atoms with E-state index < -0.39 is 0 Å². The van der Waals surface area contributed by atoms with Gasteiger partial charge in [0.05, 0.1) is 0 Å². The number of nitrogens with zero attached hydrogens (tertiary/aromatic N) is 2. The van der Waals surface area contributed by atoms with Crippen LogP contribution in [0.25, 0.3) is 0 Å². The zero-order valence-corrected chi connectivity index (χ0v) is 22.9. The van der Waals surface area contributed by atoms with Gasteiger partial charge < -0.3 is 4.90 Å². The first kappa shape index (κ1) is 28.0. The van der Waals surface area contributed by atoms with Gasteiger partial charge in [0.2, 0.25) is 0 Å². The maximum absolute atomic E-state index is 2.56. The molecule has 35 heavy (non-hydrogen) atoms. The van der Waals surface area contributed by atoms with Crippen molar-refractivity contribution >= 4 is 0 Å². The molecule has 0 radical (unpaired) electrons. The number of pyridine rings is 1. The maximum Gasteiger partial charge on any atom is 0.171 e. The zero-order chi connectivity index (χ0) is 24.2. The highest BCUT2D eigenvalue weighted by Gasteiger charge is 2.08. The molecule has 0 amide bonds. The molecule has 2 aliphatic heterocycles. The number of aromatic nitrogens is 1. The van der Waals surface area contributed by atoms with Crippen molar-refractivity contribution in [1.82, 2.24) is 4.90 Å². The normalized spacial score (nSPS) is 21.8. The Morgan fingerprint density at radius 2 is 1.17 bits per heavy atom. The summed E-state index contributed by atoms with van der Waals surface area (Å²) in [5.74, 6) is 0. The molecule has 0 saturated carbocycles. The van der Waals surface area contributed by atoms with Gasteiger partial charge in [-0.1, -0.05) is 102 Å². The monoisotopic (exact) mass is 479 g/mol. The molecule has 2 aliphatic rings. The molecule has 1 aromatic rings. The standard InChI is InChI=1S/C33H55N2/c1-2-4-8-12-16-22-32-24-20-29-35(30-32)27-19-15-11-7-5-9-13-17-23-33-25-21-28-34(31-33)26-18-14-10-6-3-1/h20-21,24-25,28-29,31H,1-19,22-23,26-27,30H2/q+1. The molecule has 3 rings (SSSR count). The van der Waals surface area contributed by atoms with E-state index in [1.807, 2.05) is 0 Å². The van der Waals surface area contributed by atoms with Gasteiger partial charge in [-0.25, -0.2) is 4.57 Å². The Morgan fingerprint density at radius 3 is 1.86 bits per heavy atom. The van der Waals surface area contributed by atoms with Crippen molar-refractivity contribution in [2.24, 2.45) is 0 Å². The van der Waals surface area contributed by atoms with E-state index in [1.54, 1.807) is 5.57 Å². The third-order valence-corrected chi connectivity index (χ3v) is 8.03. The molecule has 0 aliphatic carbocycles. The van der Waals surface area contributed by atoms with E-state index in [0.717, 1.165) is 0 Å². The average Bonchev–Trinajstić information content (AvgIpc) is 2.88. The Labute approximate surface area is 217 Å². The van der Waals surface area contributed by atoms with Crippen LogP contribution in [0.2, 0.25) is 0 Å². The van der Waals surface area contributed by atoms with Gasteiger partial charge in [0.25, 0.3) is 0 Å². The van der Waals surface area contributed by atoms with E-state index in [4.69, 9.17) is 0 Å². The van der Waals surface area contributed by atoms with E-state index in [-0.39, 0.29) is 0 Å². The number of aryl methyl sites for hydroxylation is 2. The van der Waals surface area contributed by atoms with Crippen LogP contribution in [-0.4, -0.2) is 18.0 Å². The summed E-state index contributed by atoms with van der Waals surface area (Å²) in [6.07, 6.45) is 41.0. The van der Waals surface area contributed by atoms with Crippen LogP contribution in [-0.2, 0) is 13.0 Å². The molecule has 3 heterocycles. The maximum atomic E-state index is 2.56. The Kier molecular flexibility index (Phi) is 14.9. The summed E-state index contributed by atoms with van der Waals surface area (Å²) >= 11 is 0. The molecule has 0 atom stereocenters. The predicted octanol–water partition coefficient (Wildman–Crippen LogP) is 9.09. The highest BCUT2D eigenvalue weighted by molar-refractivity contribution is 5.18. The summed E-state index contributed by atoms with van der Waals surface area (Å²) in [6.45, 7) is 3.61. The molecule has 0 saturated heterocycles. The molecule has 0 N–H and O–H groups in total. The number of hydrogen-bond donors (Lipinski definition) is 0. The molecule has 1 aromatic heterocycles. The lowest BCUT2D eigenvalue weighted by Crippen LogP contribution is -2.33. The lowest BCUT2D eigenvalue weighted by Gasteiger charge is -2.25. The van der Waals surface area contributed by atoms with Crippen molar-refractivity contribution in [2.75, 3.05) is 13.1 Å². The summed E-state index contributed by atoms with van der Waals surface area (Å²) in [5.41, 5.74) is 3.18. The van der Waals surface area contributed by atoms with Crippen molar-refractivity contribution in [2.45, 2.75) is 141 Å². The van der Waals surface area contributed by atoms with Crippen molar-refractivity contribution in [3.05, 3.63) is 54.0 Å². The fourth-order valence-electron chi connectivity index (χ4n) is 5.79. The Hall–Kier alpha value is -1.57. The first-order chi connectivity index (χ1) is 17.4. The summed E-state index contributed by atoms with van der Waals surface area (Å²) in [6, 6.07) is 4.58. The quantitative estimate of drug-likeness (QED) is 0.336. The van der Waals surface area contributed by atoms with Crippen LogP contribution in [0.4, 0.5) is 0 Å². The fourth-order valence-corrected chi connectivity index (χ4v) is 5.79. The molecule has 0 unspecified atom stereocenters.